The fourth-order valence-electron chi connectivity index (χ4n) is 3.89. The van der Waals surface area contributed by atoms with Gasteiger partial charge in [0.1, 0.15) is 11.6 Å². The molecule has 1 aliphatic rings. The maximum atomic E-state index is 13.4. The predicted molar refractivity (Wildman–Crippen MR) is 105 cm³/mol. The van der Waals surface area contributed by atoms with Crippen LogP contribution in [0.2, 0.25) is 0 Å². The number of hydrogen-bond acceptors (Lipinski definition) is 3. The second-order valence-corrected chi connectivity index (χ2v) is 7.22. The Morgan fingerprint density at radius 2 is 2.11 bits per heavy atom. The molecular formula is C21H24FN4O2+. The molecule has 7 heteroatoms. The normalized spacial score (nSPS) is 19.5. The van der Waals surface area contributed by atoms with Crippen molar-refractivity contribution in [2.45, 2.75) is 18.9 Å². The molecule has 0 unspecified atom stereocenters. The van der Waals surface area contributed by atoms with Crippen LogP contribution in [0, 0.1) is 5.82 Å². The second-order valence-electron chi connectivity index (χ2n) is 7.22. The lowest BCUT2D eigenvalue weighted by Gasteiger charge is -2.29. The highest BCUT2D eigenvalue weighted by atomic mass is 19.1. The molecule has 0 bridgehead atoms. The lowest BCUT2D eigenvalue weighted by Crippen LogP contribution is -3.14. The minimum atomic E-state index is -0.265. The van der Waals surface area contributed by atoms with Gasteiger partial charge in [-0.05, 0) is 24.3 Å². The van der Waals surface area contributed by atoms with Gasteiger partial charge in [-0.2, -0.15) is 0 Å². The zero-order valence-corrected chi connectivity index (χ0v) is 15.8. The first kappa shape index (κ1) is 18.4. The summed E-state index contributed by atoms with van der Waals surface area (Å²) < 4.78 is 20.7. The van der Waals surface area contributed by atoms with Crippen molar-refractivity contribution in [1.82, 2.24) is 9.55 Å². The van der Waals surface area contributed by atoms with E-state index in [2.05, 4.69) is 14.9 Å². The number of hydrogen-bond donors (Lipinski definition) is 2. The standard InChI is InChI=1S/C21H23FN4O2/c1-28-18-4-2-3-16(12-18)24-21(27)13-25-9-7-17(8-10-25)26-14-23-19-11-15(22)5-6-20(19)26/h2-6,11-12,14,17H,7-10,13H2,1H3,(H,24,27)/p+1. The van der Waals surface area contributed by atoms with Crippen LogP contribution in [-0.2, 0) is 4.79 Å². The number of ether oxygens (including phenoxy) is 1. The van der Waals surface area contributed by atoms with Crippen LogP contribution in [0.15, 0.2) is 48.8 Å². The molecule has 0 aliphatic carbocycles. The fraction of sp³-hybridized carbons (Fsp3) is 0.333. The molecule has 4 rings (SSSR count). The summed E-state index contributed by atoms with van der Waals surface area (Å²) in [7, 11) is 1.61. The zero-order valence-electron chi connectivity index (χ0n) is 15.8. The van der Waals surface area contributed by atoms with Gasteiger partial charge in [-0.25, -0.2) is 9.37 Å². The van der Waals surface area contributed by atoms with Crippen LogP contribution in [0.4, 0.5) is 10.1 Å². The number of methoxy groups -OCH3 is 1. The first-order valence-electron chi connectivity index (χ1n) is 9.52. The lowest BCUT2D eigenvalue weighted by atomic mass is 10.0. The van der Waals surface area contributed by atoms with Gasteiger partial charge in [0.15, 0.2) is 6.54 Å². The Morgan fingerprint density at radius 1 is 1.29 bits per heavy atom. The van der Waals surface area contributed by atoms with Gasteiger partial charge >= 0.3 is 0 Å². The summed E-state index contributed by atoms with van der Waals surface area (Å²) in [6, 6.07) is 12.4. The largest absolute Gasteiger partial charge is 0.497 e. The molecule has 1 aromatic heterocycles. The Balaban J connectivity index is 1.33. The molecule has 1 amide bonds. The van der Waals surface area contributed by atoms with Crippen LogP contribution in [0.5, 0.6) is 5.75 Å². The van der Waals surface area contributed by atoms with Crippen molar-refractivity contribution in [2.24, 2.45) is 0 Å². The summed E-state index contributed by atoms with van der Waals surface area (Å²) in [5.74, 6) is 0.461. The maximum Gasteiger partial charge on any atom is 0.279 e. The minimum Gasteiger partial charge on any atom is -0.497 e. The Morgan fingerprint density at radius 3 is 2.89 bits per heavy atom. The first-order valence-corrected chi connectivity index (χ1v) is 9.52. The van der Waals surface area contributed by atoms with Crippen molar-refractivity contribution in [2.75, 3.05) is 32.1 Å². The van der Waals surface area contributed by atoms with Crippen LogP contribution < -0.4 is 15.0 Å². The molecule has 2 heterocycles. The number of amides is 1. The van der Waals surface area contributed by atoms with Gasteiger partial charge in [0.2, 0.25) is 0 Å². The van der Waals surface area contributed by atoms with Crippen molar-refractivity contribution < 1.29 is 18.8 Å². The number of imidazole rings is 1. The first-order chi connectivity index (χ1) is 13.6. The highest BCUT2D eigenvalue weighted by Gasteiger charge is 2.26. The third-order valence-corrected chi connectivity index (χ3v) is 5.36. The van der Waals surface area contributed by atoms with Gasteiger partial charge in [-0.15, -0.1) is 0 Å². The number of aromatic nitrogens is 2. The molecule has 28 heavy (non-hydrogen) atoms. The topological polar surface area (TPSA) is 60.6 Å². The van der Waals surface area contributed by atoms with Gasteiger partial charge < -0.3 is 19.5 Å². The monoisotopic (exact) mass is 383 g/mol. The van der Waals surface area contributed by atoms with Crippen molar-refractivity contribution in [3.05, 3.63) is 54.6 Å². The van der Waals surface area contributed by atoms with Crippen LogP contribution >= 0.6 is 0 Å². The molecule has 146 valence electrons. The molecule has 0 atom stereocenters. The highest BCUT2D eigenvalue weighted by Crippen LogP contribution is 2.23. The Labute approximate surface area is 162 Å². The number of piperidine rings is 1. The van der Waals surface area contributed by atoms with E-state index in [4.69, 9.17) is 4.74 Å². The average Bonchev–Trinajstić information content (AvgIpc) is 3.11. The van der Waals surface area contributed by atoms with Gasteiger partial charge in [-0.1, -0.05) is 6.07 Å². The number of fused-ring (bicyclic) bond motifs is 1. The number of nitrogens with zero attached hydrogens (tertiary/aromatic N) is 2. The Kier molecular flexibility index (Phi) is 5.25. The summed E-state index contributed by atoms with van der Waals surface area (Å²) in [5, 5.41) is 2.94. The van der Waals surface area contributed by atoms with Crippen molar-refractivity contribution in [1.29, 1.82) is 0 Å². The van der Waals surface area contributed by atoms with Crippen LogP contribution in [0.25, 0.3) is 11.0 Å². The van der Waals surface area contributed by atoms with Gasteiger partial charge in [-0.3, -0.25) is 4.79 Å². The molecule has 0 spiro atoms. The molecule has 0 saturated carbocycles. The maximum absolute atomic E-state index is 13.4. The number of anilines is 1. The van der Waals surface area contributed by atoms with Gasteiger partial charge in [0, 0.05) is 36.7 Å². The summed E-state index contributed by atoms with van der Waals surface area (Å²) in [5.41, 5.74) is 2.40. The molecule has 1 aliphatic heterocycles. The number of benzene rings is 2. The average molecular weight is 383 g/mol. The van der Waals surface area contributed by atoms with E-state index < -0.39 is 0 Å². The van der Waals surface area contributed by atoms with E-state index in [9.17, 15) is 9.18 Å². The number of rotatable bonds is 5. The van der Waals surface area contributed by atoms with Gasteiger partial charge in [0.25, 0.3) is 5.91 Å². The van der Waals surface area contributed by atoms with E-state index in [0.717, 1.165) is 42.9 Å². The molecule has 6 nitrogen and oxygen atoms in total. The second kappa shape index (κ2) is 7.98. The van der Waals surface area contributed by atoms with Gasteiger partial charge in [0.05, 0.1) is 37.6 Å². The number of nitrogens with one attached hydrogen (secondary N) is 2. The van der Waals surface area contributed by atoms with E-state index >= 15 is 0 Å². The van der Waals surface area contributed by atoms with E-state index in [0.29, 0.717) is 18.1 Å². The van der Waals surface area contributed by atoms with E-state index in [1.807, 2.05) is 24.3 Å². The molecule has 2 aromatic carbocycles. The molecule has 1 fully saturated rings. The zero-order chi connectivity index (χ0) is 19.5. The lowest BCUT2D eigenvalue weighted by molar-refractivity contribution is -0.897. The molecule has 3 aromatic rings. The Bertz CT molecular complexity index is 979. The summed E-state index contributed by atoms with van der Waals surface area (Å²) in [4.78, 5) is 18.0. The van der Waals surface area contributed by atoms with Crippen LogP contribution in [0.3, 0.4) is 0 Å². The Hall–Kier alpha value is -2.93. The summed E-state index contributed by atoms with van der Waals surface area (Å²) >= 11 is 0. The highest BCUT2D eigenvalue weighted by molar-refractivity contribution is 5.91. The number of quaternary nitrogens is 1. The number of likely N-dealkylation sites (tertiary alicyclic amines) is 1. The summed E-state index contributed by atoms with van der Waals surface area (Å²) in [6.45, 7) is 2.27. The smallest absolute Gasteiger partial charge is 0.279 e. The SMILES string of the molecule is COc1cccc(NC(=O)C[NH+]2CCC(n3cnc4cc(F)ccc43)CC2)c1. The third-order valence-electron chi connectivity index (χ3n) is 5.36. The van der Waals surface area contributed by atoms with E-state index in [-0.39, 0.29) is 11.7 Å². The number of halogens is 1. The van der Waals surface area contributed by atoms with Crippen LogP contribution in [-0.4, -0.2) is 42.2 Å². The third kappa shape index (κ3) is 3.99. The number of carbonyl (C=O) groups excluding carboxylic acids is 1. The fourth-order valence-corrected chi connectivity index (χ4v) is 3.89. The minimum absolute atomic E-state index is 0.00487. The van der Waals surface area contributed by atoms with E-state index in [1.54, 1.807) is 19.5 Å². The van der Waals surface area contributed by atoms with Crippen molar-refractivity contribution in [3.63, 3.8) is 0 Å². The number of carbonyl (C=O) groups is 1. The van der Waals surface area contributed by atoms with Crippen molar-refractivity contribution in [3.8, 4) is 5.75 Å². The molecule has 1 saturated heterocycles. The quantitative estimate of drug-likeness (QED) is 0.709. The molecule has 0 radical (unpaired) electrons. The summed E-state index contributed by atoms with van der Waals surface area (Å²) in [6.07, 6.45) is 3.73. The van der Waals surface area contributed by atoms with Crippen molar-refractivity contribution >= 4 is 22.6 Å². The van der Waals surface area contributed by atoms with E-state index in [1.165, 1.54) is 17.0 Å². The predicted octanol–water partition coefficient (Wildman–Crippen LogP) is 2.04. The molecule has 2 N–H and O–H groups in total. The van der Waals surface area contributed by atoms with Crippen LogP contribution in [0.1, 0.15) is 18.9 Å². The molecular weight excluding hydrogens is 359 g/mol.